The van der Waals surface area contributed by atoms with Gasteiger partial charge in [-0.05, 0) is 29.8 Å². The zero-order chi connectivity index (χ0) is 7.72. The van der Waals surface area contributed by atoms with Crippen molar-refractivity contribution in [3.63, 3.8) is 0 Å². The first-order valence-electron chi connectivity index (χ1n) is 3.08. The lowest BCUT2D eigenvalue weighted by molar-refractivity contribution is 0.570. The highest BCUT2D eigenvalue weighted by molar-refractivity contribution is 9.10. The van der Waals surface area contributed by atoms with Crippen LogP contribution >= 0.6 is 15.9 Å². The highest BCUT2D eigenvalue weighted by Gasteiger charge is 2.04. The quantitative estimate of drug-likeness (QED) is 0.741. The van der Waals surface area contributed by atoms with Crippen molar-refractivity contribution >= 4 is 15.9 Å². The van der Waals surface area contributed by atoms with Crippen molar-refractivity contribution in [1.82, 2.24) is 9.55 Å². The van der Waals surface area contributed by atoms with Crippen LogP contribution in [0, 0.1) is 0 Å². The van der Waals surface area contributed by atoms with E-state index < -0.39 is 0 Å². The van der Waals surface area contributed by atoms with Gasteiger partial charge < -0.3 is 4.98 Å². The van der Waals surface area contributed by atoms with Gasteiger partial charge in [-0.1, -0.05) is 0 Å². The second-order valence-electron chi connectivity index (χ2n) is 2.38. The van der Waals surface area contributed by atoms with Gasteiger partial charge in [-0.15, -0.1) is 0 Å². The van der Waals surface area contributed by atoms with Gasteiger partial charge in [-0.25, -0.2) is 4.79 Å². The molecule has 56 valence electrons. The Morgan fingerprint density at radius 1 is 1.70 bits per heavy atom. The van der Waals surface area contributed by atoms with Gasteiger partial charge in [-0.2, -0.15) is 0 Å². The van der Waals surface area contributed by atoms with Gasteiger partial charge in [0.15, 0.2) is 0 Å². The summed E-state index contributed by atoms with van der Waals surface area (Å²) < 4.78 is 2.44. The zero-order valence-corrected chi connectivity index (χ0v) is 7.47. The van der Waals surface area contributed by atoms with E-state index in [1.54, 1.807) is 10.8 Å². The van der Waals surface area contributed by atoms with Crippen LogP contribution in [-0.2, 0) is 0 Å². The van der Waals surface area contributed by atoms with Gasteiger partial charge in [0.2, 0.25) is 0 Å². The highest BCUT2D eigenvalue weighted by atomic mass is 79.9. The maximum absolute atomic E-state index is 11.0. The Morgan fingerprint density at radius 3 is 2.50 bits per heavy atom. The lowest BCUT2D eigenvalue weighted by Gasteiger charge is -2.04. The van der Waals surface area contributed by atoms with Crippen molar-refractivity contribution in [3.8, 4) is 0 Å². The van der Waals surface area contributed by atoms with Gasteiger partial charge in [0.1, 0.15) is 4.60 Å². The third-order valence-electron chi connectivity index (χ3n) is 1.28. The van der Waals surface area contributed by atoms with E-state index in [1.165, 1.54) is 0 Å². The Balaban J connectivity index is 3.23. The standard InChI is InChI=1S/C6H9BrN2O/c1-4(2)9-5(7)3-8-6(9)10/h3-4H,1-2H3,(H,8,10). The second-order valence-corrected chi connectivity index (χ2v) is 3.19. The van der Waals surface area contributed by atoms with Crippen molar-refractivity contribution in [3.05, 3.63) is 21.3 Å². The van der Waals surface area contributed by atoms with E-state index >= 15 is 0 Å². The van der Waals surface area contributed by atoms with Crippen LogP contribution < -0.4 is 5.69 Å². The maximum atomic E-state index is 11.0. The van der Waals surface area contributed by atoms with Crippen LogP contribution in [0.1, 0.15) is 19.9 Å². The molecule has 1 N–H and O–H groups in total. The van der Waals surface area contributed by atoms with Crippen molar-refractivity contribution < 1.29 is 0 Å². The molecule has 0 aromatic carbocycles. The topological polar surface area (TPSA) is 37.8 Å². The summed E-state index contributed by atoms with van der Waals surface area (Å²) in [6, 6.07) is 0.202. The second kappa shape index (κ2) is 2.62. The molecule has 0 unspecified atom stereocenters. The number of hydrogen-bond donors (Lipinski definition) is 1. The fourth-order valence-electron chi connectivity index (χ4n) is 0.839. The number of nitrogens with one attached hydrogen (secondary N) is 1. The molecule has 0 spiro atoms. The monoisotopic (exact) mass is 204 g/mol. The minimum atomic E-state index is -0.0677. The normalized spacial score (nSPS) is 10.8. The number of nitrogens with zero attached hydrogens (tertiary/aromatic N) is 1. The predicted octanol–water partition coefficient (Wildman–Crippen LogP) is 1.52. The number of imidazole rings is 1. The molecule has 3 nitrogen and oxygen atoms in total. The number of aromatic nitrogens is 2. The molecule has 1 rings (SSSR count). The Morgan fingerprint density at radius 2 is 2.30 bits per heavy atom. The zero-order valence-electron chi connectivity index (χ0n) is 5.89. The van der Waals surface area contributed by atoms with Crippen LogP contribution in [0.5, 0.6) is 0 Å². The molecule has 0 aliphatic carbocycles. The molecule has 1 aromatic rings. The minimum Gasteiger partial charge on any atom is -0.312 e. The highest BCUT2D eigenvalue weighted by Crippen LogP contribution is 2.10. The summed E-state index contributed by atoms with van der Waals surface area (Å²) in [7, 11) is 0. The lowest BCUT2D eigenvalue weighted by Crippen LogP contribution is -2.18. The Labute approximate surface area is 67.2 Å². The molecular weight excluding hydrogens is 196 g/mol. The Kier molecular flexibility index (Phi) is 1.99. The number of aromatic amines is 1. The van der Waals surface area contributed by atoms with E-state index in [2.05, 4.69) is 20.9 Å². The van der Waals surface area contributed by atoms with E-state index in [0.717, 1.165) is 4.60 Å². The summed E-state index contributed by atoms with van der Waals surface area (Å²) in [5.74, 6) is 0. The predicted molar refractivity (Wildman–Crippen MR) is 43.1 cm³/mol. The SMILES string of the molecule is CC(C)n1c(Br)c[nH]c1=O. The Bertz CT molecular complexity index is 274. The van der Waals surface area contributed by atoms with Gasteiger partial charge in [0.25, 0.3) is 0 Å². The van der Waals surface area contributed by atoms with E-state index in [0.29, 0.717) is 0 Å². The van der Waals surface area contributed by atoms with Crippen molar-refractivity contribution in [2.24, 2.45) is 0 Å². The van der Waals surface area contributed by atoms with Crippen molar-refractivity contribution in [2.45, 2.75) is 19.9 Å². The van der Waals surface area contributed by atoms with Crippen LogP contribution in [0.2, 0.25) is 0 Å². The fraction of sp³-hybridized carbons (Fsp3) is 0.500. The molecule has 0 fully saturated rings. The number of halogens is 1. The van der Waals surface area contributed by atoms with Crippen molar-refractivity contribution in [1.29, 1.82) is 0 Å². The third kappa shape index (κ3) is 1.16. The first-order valence-corrected chi connectivity index (χ1v) is 3.87. The molecule has 0 amide bonds. The molecule has 4 heteroatoms. The van der Waals surface area contributed by atoms with E-state index in [1.807, 2.05) is 13.8 Å². The van der Waals surface area contributed by atoms with Gasteiger partial charge >= 0.3 is 5.69 Å². The Hall–Kier alpha value is -0.510. The van der Waals surface area contributed by atoms with Gasteiger partial charge in [0.05, 0.1) is 0 Å². The summed E-state index contributed by atoms with van der Waals surface area (Å²) in [5.41, 5.74) is -0.0677. The number of hydrogen-bond acceptors (Lipinski definition) is 1. The average Bonchev–Trinajstić information content (AvgIpc) is 2.11. The van der Waals surface area contributed by atoms with E-state index in [4.69, 9.17) is 0 Å². The number of rotatable bonds is 1. The van der Waals surface area contributed by atoms with Gasteiger partial charge in [-0.3, -0.25) is 4.57 Å². The van der Waals surface area contributed by atoms with Crippen LogP contribution in [0.4, 0.5) is 0 Å². The van der Waals surface area contributed by atoms with Crippen LogP contribution in [0.15, 0.2) is 15.6 Å². The molecule has 0 saturated heterocycles. The molecule has 0 atom stereocenters. The van der Waals surface area contributed by atoms with Crippen LogP contribution in [0.3, 0.4) is 0 Å². The van der Waals surface area contributed by atoms with E-state index in [9.17, 15) is 4.79 Å². The molecule has 0 radical (unpaired) electrons. The van der Waals surface area contributed by atoms with Crippen molar-refractivity contribution in [2.75, 3.05) is 0 Å². The molecule has 0 bridgehead atoms. The molecular formula is C6H9BrN2O. The minimum absolute atomic E-state index is 0.0677. The first kappa shape index (κ1) is 7.60. The molecule has 1 heterocycles. The summed E-state index contributed by atoms with van der Waals surface area (Å²) in [4.78, 5) is 13.5. The maximum Gasteiger partial charge on any atom is 0.326 e. The molecule has 1 aromatic heterocycles. The third-order valence-corrected chi connectivity index (χ3v) is 1.89. The molecule has 0 aliphatic heterocycles. The summed E-state index contributed by atoms with van der Waals surface area (Å²) in [5, 5.41) is 0. The van der Waals surface area contributed by atoms with E-state index in [-0.39, 0.29) is 11.7 Å². The average molecular weight is 205 g/mol. The first-order chi connectivity index (χ1) is 4.63. The summed E-state index contributed by atoms with van der Waals surface area (Å²) in [6.07, 6.45) is 1.64. The largest absolute Gasteiger partial charge is 0.326 e. The van der Waals surface area contributed by atoms with Crippen LogP contribution in [0.25, 0.3) is 0 Å². The van der Waals surface area contributed by atoms with Crippen LogP contribution in [-0.4, -0.2) is 9.55 Å². The van der Waals surface area contributed by atoms with Gasteiger partial charge in [0, 0.05) is 12.2 Å². The lowest BCUT2D eigenvalue weighted by atomic mass is 10.4. The smallest absolute Gasteiger partial charge is 0.312 e. The molecule has 0 aliphatic rings. The number of H-pyrrole nitrogens is 1. The molecule has 0 saturated carbocycles. The molecule has 10 heavy (non-hydrogen) atoms. The summed E-state index contributed by atoms with van der Waals surface area (Å²) in [6.45, 7) is 3.92. The summed E-state index contributed by atoms with van der Waals surface area (Å²) >= 11 is 3.25. The fourth-order valence-corrected chi connectivity index (χ4v) is 1.52.